The van der Waals surface area contributed by atoms with Gasteiger partial charge in [0.1, 0.15) is 0 Å². The molecule has 0 fully saturated rings. The molecule has 0 aliphatic rings. The zero-order chi connectivity index (χ0) is 13.1. The van der Waals surface area contributed by atoms with E-state index in [1.807, 2.05) is 42.6 Å². The lowest BCUT2D eigenvalue weighted by atomic mass is 10.3. The molecular formula is C14H12ClN3S. The molecule has 3 aromatic rings. The molecule has 5 heteroatoms. The molecule has 0 aliphatic carbocycles. The number of hydrogen-bond donors (Lipinski definition) is 1. The maximum absolute atomic E-state index is 5.89. The Hall–Kier alpha value is -1.49. The van der Waals surface area contributed by atoms with E-state index in [0.29, 0.717) is 6.54 Å². The van der Waals surface area contributed by atoms with Gasteiger partial charge in [0.2, 0.25) is 0 Å². The fraction of sp³-hybridized carbons (Fsp3) is 0.143. The second kappa shape index (κ2) is 5.65. The quantitative estimate of drug-likeness (QED) is 0.797. The number of rotatable bonds is 4. The van der Waals surface area contributed by atoms with E-state index in [0.717, 1.165) is 27.6 Å². The molecular weight excluding hydrogens is 278 g/mol. The summed E-state index contributed by atoms with van der Waals surface area (Å²) in [4.78, 5) is 10.2. The van der Waals surface area contributed by atoms with Gasteiger partial charge >= 0.3 is 0 Å². The van der Waals surface area contributed by atoms with Crippen LogP contribution in [0.5, 0.6) is 0 Å². The van der Waals surface area contributed by atoms with Gasteiger partial charge in [0.05, 0.1) is 27.3 Å². The minimum atomic E-state index is 0.702. The molecule has 96 valence electrons. The highest BCUT2D eigenvalue weighted by Crippen LogP contribution is 2.21. The van der Waals surface area contributed by atoms with Gasteiger partial charge in [-0.1, -0.05) is 23.7 Å². The van der Waals surface area contributed by atoms with E-state index in [1.165, 1.54) is 4.88 Å². The Kier molecular flexibility index (Phi) is 3.73. The van der Waals surface area contributed by atoms with Crippen molar-refractivity contribution in [3.05, 3.63) is 57.5 Å². The van der Waals surface area contributed by atoms with E-state index >= 15 is 0 Å². The molecule has 2 heterocycles. The van der Waals surface area contributed by atoms with Crippen molar-refractivity contribution in [3.8, 4) is 0 Å². The lowest BCUT2D eigenvalue weighted by molar-refractivity contribution is 0.686. The van der Waals surface area contributed by atoms with Crippen LogP contribution in [0, 0.1) is 0 Å². The third kappa shape index (κ3) is 3.10. The second-order valence-corrected chi connectivity index (χ2v) is 5.96. The predicted molar refractivity (Wildman–Crippen MR) is 79.4 cm³/mol. The van der Waals surface area contributed by atoms with Gasteiger partial charge in [-0.15, -0.1) is 11.3 Å². The SMILES string of the molecule is Clc1ccc(CNCc2cnc3ccccc3n2)s1. The van der Waals surface area contributed by atoms with Crippen molar-refractivity contribution in [3.63, 3.8) is 0 Å². The number of halogens is 1. The molecule has 3 rings (SSSR count). The highest BCUT2D eigenvalue weighted by atomic mass is 35.5. The van der Waals surface area contributed by atoms with E-state index in [1.54, 1.807) is 11.3 Å². The predicted octanol–water partition coefficient (Wildman–Crippen LogP) is 3.63. The van der Waals surface area contributed by atoms with E-state index in [9.17, 15) is 0 Å². The summed E-state index contributed by atoms with van der Waals surface area (Å²) >= 11 is 7.48. The summed E-state index contributed by atoms with van der Waals surface area (Å²) < 4.78 is 0.822. The zero-order valence-electron chi connectivity index (χ0n) is 10.1. The van der Waals surface area contributed by atoms with Gasteiger partial charge in [0.15, 0.2) is 0 Å². The molecule has 0 radical (unpaired) electrons. The Labute approximate surface area is 120 Å². The fourth-order valence-corrected chi connectivity index (χ4v) is 2.90. The van der Waals surface area contributed by atoms with Crippen LogP contribution in [0.3, 0.4) is 0 Å². The molecule has 0 atom stereocenters. The molecule has 0 spiro atoms. The number of fused-ring (bicyclic) bond motifs is 1. The molecule has 0 bridgehead atoms. The highest BCUT2D eigenvalue weighted by molar-refractivity contribution is 7.16. The monoisotopic (exact) mass is 289 g/mol. The minimum absolute atomic E-state index is 0.702. The number of para-hydroxylation sites is 2. The van der Waals surface area contributed by atoms with Crippen LogP contribution in [-0.2, 0) is 13.1 Å². The number of hydrogen-bond acceptors (Lipinski definition) is 4. The largest absolute Gasteiger partial charge is 0.306 e. The zero-order valence-corrected chi connectivity index (χ0v) is 11.7. The maximum Gasteiger partial charge on any atom is 0.0931 e. The van der Waals surface area contributed by atoms with Gasteiger partial charge in [-0.05, 0) is 24.3 Å². The van der Waals surface area contributed by atoms with Crippen LogP contribution in [0.15, 0.2) is 42.6 Å². The molecule has 0 amide bonds. The van der Waals surface area contributed by atoms with Gasteiger partial charge in [-0.3, -0.25) is 4.98 Å². The topological polar surface area (TPSA) is 37.8 Å². The summed E-state index contributed by atoms with van der Waals surface area (Å²) in [7, 11) is 0. The number of benzene rings is 1. The van der Waals surface area contributed by atoms with Crippen molar-refractivity contribution in [2.45, 2.75) is 13.1 Å². The summed E-state index contributed by atoms with van der Waals surface area (Å²) in [5, 5.41) is 3.35. The Bertz CT molecular complexity index is 696. The van der Waals surface area contributed by atoms with Crippen molar-refractivity contribution in [2.24, 2.45) is 0 Å². The van der Waals surface area contributed by atoms with E-state index in [2.05, 4.69) is 15.3 Å². The van der Waals surface area contributed by atoms with Crippen LogP contribution in [-0.4, -0.2) is 9.97 Å². The summed E-state index contributed by atoms with van der Waals surface area (Å²) in [6.07, 6.45) is 1.82. The summed E-state index contributed by atoms with van der Waals surface area (Å²) in [5.74, 6) is 0. The van der Waals surface area contributed by atoms with Crippen molar-refractivity contribution >= 4 is 34.0 Å². The van der Waals surface area contributed by atoms with Crippen molar-refractivity contribution in [2.75, 3.05) is 0 Å². The molecule has 19 heavy (non-hydrogen) atoms. The lowest BCUT2D eigenvalue weighted by Crippen LogP contribution is -2.13. The molecule has 0 saturated carbocycles. The Morgan fingerprint density at radius 3 is 2.68 bits per heavy atom. The van der Waals surface area contributed by atoms with E-state index < -0.39 is 0 Å². The number of nitrogens with one attached hydrogen (secondary N) is 1. The van der Waals surface area contributed by atoms with Crippen LogP contribution in [0.4, 0.5) is 0 Å². The van der Waals surface area contributed by atoms with Crippen LogP contribution in [0.2, 0.25) is 4.34 Å². The molecule has 0 aliphatic heterocycles. The van der Waals surface area contributed by atoms with Gasteiger partial charge in [-0.25, -0.2) is 4.98 Å². The number of thiophene rings is 1. The minimum Gasteiger partial charge on any atom is -0.306 e. The summed E-state index contributed by atoms with van der Waals surface area (Å²) in [6.45, 7) is 1.50. The van der Waals surface area contributed by atoms with Crippen LogP contribution >= 0.6 is 22.9 Å². The fourth-order valence-electron chi connectivity index (χ4n) is 1.84. The average molecular weight is 290 g/mol. The Morgan fingerprint density at radius 1 is 1.05 bits per heavy atom. The third-order valence-corrected chi connectivity index (χ3v) is 3.96. The maximum atomic E-state index is 5.89. The third-order valence-electron chi connectivity index (χ3n) is 2.73. The number of nitrogens with zero attached hydrogens (tertiary/aromatic N) is 2. The average Bonchev–Trinajstić information content (AvgIpc) is 2.84. The smallest absolute Gasteiger partial charge is 0.0931 e. The molecule has 1 aromatic carbocycles. The van der Waals surface area contributed by atoms with Gasteiger partial charge in [-0.2, -0.15) is 0 Å². The first-order valence-electron chi connectivity index (χ1n) is 5.97. The second-order valence-electron chi connectivity index (χ2n) is 4.16. The first-order valence-corrected chi connectivity index (χ1v) is 7.16. The van der Waals surface area contributed by atoms with E-state index in [4.69, 9.17) is 11.6 Å². The van der Waals surface area contributed by atoms with Crippen LogP contribution in [0.25, 0.3) is 11.0 Å². The lowest BCUT2D eigenvalue weighted by Gasteiger charge is -2.03. The van der Waals surface area contributed by atoms with Crippen LogP contribution < -0.4 is 5.32 Å². The Balaban J connectivity index is 1.65. The van der Waals surface area contributed by atoms with Gasteiger partial charge in [0.25, 0.3) is 0 Å². The number of aromatic nitrogens is 2. The van der Waals surface area contributed by atoms with Gasteiger partial charge < -0.3 is 5.32 Å². The van der Waals surface area contributed by atoms with Crippen LogP contribution in [0.1, 0.15) is 10.6 Å². The van der Waals surface area contributed by atoms with Crippen molar-refractivity contribution in [1.29, 1.82) is 0 Å². The molecule has 0 saturated heterocycles. The molecule has 2 aromatic heterocycles. The first-order chi connectivity index (χ1) is 9.31. The van der Waals surface area contributed by atoms with E-state index in [-0.39, 0.29) is 0 Å². The summed E-state index contributed by atoms with van der Waals surface area (Å²) in [5.41, 5.74) is 2.80. The molecule has 3 nitrogen and oxygen atoms in total. The normalized spacial score (nSPS) is 11.0. The molecule has 0 unspecified atom stereocenters. The first kappa shape index (κ1) is 12.5. The van der Waals surface area contributed by atoms with Crippen molar-refractivity contribution < 1.29 is 0 Å². The van der Waals surface area contributed by atoms with Crippen molar-refractivity contribution in [1.82, 2.24) is 15.3 Å². The van der Waals surface area contributed by atoms with Gasteiger partial charge in [0, 0.05) is 18.0 Å². The Morgan fingerprint density at radius 2 is 1.89 bits per heavy atom. The summed E-state index contributed by atoms with van der Waals surface area (Å²) in [6, 6.07) is 11.8. The molecule has 1 N–H and O–H groups in total. The highest BCUT2D eigenvalue weighted by Gasteiger charge is 2.00. The standard InChI is InChI=1S/C14H12ClN3S/c15-14-6-5-11(19-14)9-16-7-10-8-17-12-3-1-2-4-13(12)18-10/h1-6,8,16H,7,9H2.